The Morgan fingerprint density at radius 1 is 1.15 bits per heavy atom. The summed E-state index contributed by atoms with van der Waals surface area (Å²) in [6.07, 6.45) is -5.02. The number of phosphoric ester groups is 1. The topological polar surface area (TPSA) is 313 Å². The molecule has 24 heteroatoms. The summed E-state index contributed by atoms with van der Waals surface area (Å²) in [5, 5.41) is 30.3. The van der Waals surface area contributed by atoms with Crippen LogP contribution in [-0.2, 0) is 32.0 Å². The number of hydrogen-bond donors (Lipinski definition) is 6. The van der Waals surface area contributed by atoms with E-state index in [0.29, 0.717) is 24.0 Å². The summed E-state index contributed by atoms with van der Waals surface area (Å²) in [4.78, 5) is 42.0. The average molecular weight is 682 g/mol. The third-order valence-electron chi connectivity index (χ3n) is 9.21. The monoisotopic (exact) mass is 682 g/mol. The van der Waals surface area contributed by atoms with Crippen LogP contribution in [0.5, 0.6) is 0 Å². The van der Waals surface area contributed by atoms with Crippen LogP contribution < -0.4 is 17.0 Å². The first kappa shape index (κ1) is 29.8. The molecule has 1 spiro atoms. The number of rotatable bonds is 2. The third kappa shape index (κ3) is 4.41. The van der Waals surface area contributed by atoms with Gasteiger partial charge in [-0.05, 0) is 18.8 Å². The highest BCUT2D eigenvalue weighted by Gasteiger charge is 2.69. The molecular weight excluding hydrogens is 656 g/mol. The van der Waals surface area contributed by atoms with Gasteiger partial charge in [-0.2, -0.15) is 9.67 Å². The highest BCUT2D eigenvalue weighted by Crippen LogP contribution is 2.66. The molecule has 4 aromatic heterocycles. The van der Waals surface area contributed by atoms with Gasteiger partial charge in [0.25, 0.3) is 5.56 Å². The number of anilines is 2. The number of aliphatic hydroxyl groups excluding tert-OH is 2. The fourth-order valence-corrected chi connectivity index (χ4v) is 8.87. The number of hydrogen-bond acceptors (Lipinski definition) is 18. The van der Waals surface area contributed by atoms with E-state index in [-0.39, 0.29) is 22.9 Å². The maximum absolute atomic E-state index is 13.5. The lowest BCUT2D eigenvalue weighted by Gasteiger charge is -2.47. The van der Waals surface area contributed by atoms with Gasteiger partial charge in [-0.25, -0.2) is 19.5 Å². The highest BCUT2D eigenvalue weighted by molar-refractivity contribution is 7.47. The minimum atomic E-state index is -5.02. The Morgan fingerprint density at radius 3 is 2.76 bits per heavy atom. The zero-order chi connectivity index (χ0) is 32.1. The second kappa shape index (κ2) is 10.5. The van der Waals surface area contributed by atoms with Crippen LogP contribution in [0.3, 0.4) is 0 Å². The Hall–Kier alpha value is -3.56. The maximum atomic E-state index is 13.5. The second-order valence-electron chi connectivity index (χ2n) is 11.5. The number of nitrogens with one attached hydrogen (secondary N) is 1. The molecule has 3 unspecified atom stereocenters. The first-order chi connectivity index (χ1) is 22.0. The molecular formula is C22H26N11O11P2+. The molecule has 4 fully saturated rings. The van der Waals surface area contributed by atoms with E-state index in [1.54, 1.807) is 4.57 Å². The van der Waals surface area contributed by atoms with Crippen LogP contribution in [0.1, 0.15) is 25.1 Å². The van der Waals surface area contributed by atoms with Crippen molar-refractivity contribution in [2.24, 2.45) is 11.3 Å². The fourth-order valence-electron chi connectivity index (χ4n) is 7.02. The summed E-state index contributed by atoms with van der Waals surface area (Å²) >= 11 is 0. The van der Waals surface area contributed by atoms with Crippen LogP contribution in [-0.4, -0.2) is 103 Å². The van der Waals surface area contributed by atoms with Gasteiger partial charge in [0.05, 0.1) is 19.0 Å². The van der Waals surface area contributed by atoms with Crippen molar-refractivity contribution in [2.75, 3.05) is 24.7 Å². The van der Waals surface area contributed by atoms with E-state index in [4.69, 9.17) is 34.3 Å². The molecule has 2 bridgehead atoms. The number of aliphatic hydroxyl groups is 2. The predicted molar refractivity (Wildman–Crippen MR) is 149 cm³/mol. The number of aromatic nitrogens is 9. The Morgan fingerprint density at radius 2 is 1.98 bits per heavy atom. The zero-order valence-corrected chi connectivity index (χ0v) is 25.1. The molecule has 4 aromatic rings. The van der Waals surface area contributed by atoms with Crippen molar-refractivity contribution in [1.29, 1.82) is 0 Å². The van der Waals surface area contributed by atoms with E-state index < -0.39 is 89.0 Å². The molecule has 2 aliphatic heterocycles. The van der Waals surface area contributed by atoms with Gasteiger partial charge in [0.15, 0.2) is 35.0 Å². The standard InChI is InChI=1S/C22H25N11O11P2/c23-16-9-17(26-5-25-16)32(6-27-9)11-7-1-2-22(7)4-41-46(38,39)44-14-12(34)8(3-40-45(37)43-15(22)13(11)35)42-20(14)33-18-10(30-31-33)19(36)29-21(24)28-18/h5-8,11-15,20,34-35H,1-4H2,(H5-,23,24,25,26,28,29,31,36,38,39)/p+1/t7-,8-,11-,12-,13+,14-,15+,20-,22?/m1/s1. The molecule has 0 aromatic carbocycles. The molecule has 46 heavy (non-hydrogen) atoms. The molecule has 22 nitrogen and oxygen atoms in total. The van der Waals surface area contributed by atoms with Crippen LogP contribution in [0.15, 0.2) is 17.4 Å². The average Bonchev–Trinajstić information content (AvgIpc) is 3.72. The number of nitrogens with two attached hydrogens (primary N) is 2. The molecule has 0 amide bonds. The highest BCUT2D eigenvalue weighted by atomic mass is 31.2. The summed E-state index contributed by atoms with van der Waals surface area (Å²) in [6, 6.07) is -0.730. The van der Waals surface area contributed by atoms with Crippen molar-refractivity contribution in [2.45, 2.75) is 55.6 Å². The molecule has 6 heterocycles. The van der Waals surface area contributed by atoms with Crippen molar-refractivity contribution in [1.82, 2.24) is 44.5 Å². The number of H-pyrrole nitrogens is 1. The van der Waals surface area contributed by atoms with E-state index in [1.807, 2.05) is 0 Å². The van der Waals surface area contributed by atoms with Crippen LogP contribution in [0.2, 0.25) is 0 Å². The first-order valence-electron chi connectivity index (χ1n) is 14.0. The van der Waals surface area contributed by atoms with Gasteiger partial charge in [-0.15, -0.1) is 14.1 Å². The molecule has 244 valence electrons. The van der Waals surface area contributed by atoms with Gasteiger partial charge >= 0.3 is 16.1 Å². The van der Waals surface area contributed by atoms with Gasteiger partial charge in [-0.3, -0.25) is 18.8 Å². The summed E-state index contributed by atoms with van der Waals surface area (Å²) in [7, 11) is -7.97. The summed E-state index contributed by atoms with van der Waals surface area (Å²) in [5.41, 5.74) is 10.1. The van der Waals surface area contributed by atoms with Crippen LogP contribution in [0, 0.1) is 11.3 Å². The number of fused-ring (bicyclic) bond motifs is 4. The van der Waals surface area contributed by atoms with Crippen LogP contribution in [0.25, 0.3) is 22.3 Å². The summed E-state index contributed by atoms with van der Waals surface area (Å²) in [5.74, 6) is -0.562. The van der Waals surface area contributed by atoms with E-state index in [1.165, 1.54) is 12.7 Å². The number of nitrogen functional groups attached to an aromatic ring is 2. The quantitative estimate of drug-likeness (QED) is 0.133. The van der Waals surface area contributed by atoms with Crippen molar-refractivity contribution < 1.29 is 47.1 Å². The summed E-state index contributed by atoms with van der Waals surface area (Å²) < 4.78 is 57.3. The van der Waals surface area contributed by atoms with E-state index in [0.717, 1.165) is 4.68 Å². The van der Waals surface area contributed by atoms with Gasteiger partial charge in [0.1, 0.15) is 42.9 Å². The Bertz CT molecular complexity index is 1990. The number of ether oxygens (including phenoxy) is 1. The molecule has 2 saturated carbocycles. The number of imidazole rings is 1. The lowest BCUT2D eigenvalue weighted by molar-refractivity contribution is -0.0976. The summed E-state index contributed by atoms with van der Waals surface area (Å²) in [6.45, 7) is -1.02. The van der Waals surface area contributed by atoms with Crippen molar-refractivity contribution in [3.63, 3.8) is 0 Å². The van der Waals surface area contributed by atoms with E-state index in [2.05, 4.69) is 35.2 Å². The van der Waals surface area contributed by atoms with Crippen LogP contribution >= 0.6 is 16.1 Å². The number of phosphoric acid groups is 1. The third-order valence-corrected chi connectivity index (χ3v) is 10.9. The second-order valence-corrected chi connectivity index (χ2v) is 13.8. The number of aromatic amines is 1. The van der Waals surface area contributed by atoms with Crippen molar-refractivity contribution >= 4 is 50.2 Å². The zero-order valence-electron chi connectivity index (χ0n) is 23.3. The lowest BCUT2D eigenvalue weighted by atomic mass is 9.60. The first-order valence-corrected chi connectivity index (χ1v) is 16.5. The minimum Gasteiger partial charge on any atom is -0.388 e. The van der Waals surface area contributed by atoms with Crippen molar-refractivity contribution in [3.8, 4) is 0 Å². The van der Waals surface area contributed by atoms with Gasteiger partial charge in [-0.1, -0.05) is 5.21 Å². The number of nitrogens with zero attached hydrogens (tertiary/aromatic N) is 8. The Kier molecular flexibility index (Phi) is 6.79. The van der Waals surface area contributed by atoms with Crippen LogP contribution in [0.4, 0.5) is 11.8 Å². The predicted octanol–water partition coefficient (Wildman–Crippen LogP) is -1.34. The molecule has 8 rings (SSSR count). The van der Waals surface area contributed by atoms with Crippen molar-refractivity contribution in [3.05, 3.63) is 23.0 Å². The lowest BCUT2D eigenvalue weighted by Crippen LogP contribution is -2.49. The largest absolute Gasteiger partial charge is 0.697 e. The van der Waals surface area contributed by atoms with E-state index in [9.17, 15) is 29.0 Å². The molecule has 4 aliphatic rings. The molecule has 11 atom stereocenters. The van der Waals surface area contributed by atoms with Gasteiger partial charge in [0, 0.05) is 9.98 Å². The SMILES string of the molecule is Nc1nc2c(nnn2[C@@H]2O[C@@H]3CO[P+](=O)O[C@H]4[C@@H](O)[C@H](n5cnc6c(N)ncnc65)[C@H]5CCC54COP(=O)(O)O[C@@H]2[C@@H]3O)c(=O)[nH]1. The smallest absolute Gasteiger partial charge is 0.388 e. The Balaban J connectivity index is 1.14. The molecule has 0 radical (unpaired) electrons. The molecule has 2 aliphatic carbocycles. The van der Waals surface area contributed by atoms with Gasteiger partial charge in [0.2, 0.25) is 5.95 Å². The minimum absolute atomic E-state index is 0.138. The normalized spacial score (nSPS) is 38.9. The molecule has 2 saturated heterocycles. The Labute approximate surface area is 256 Å². The van der Waals surface area contributed by atoms with Gasteiger partial charge < -0.3 is 35.9 Å². The maximum Gasteiger partial charge on any atom is 0.697 e. The fraction of sp³-hybridized carbons (Fsp3) is 0.591. The molecule has 8 N–H and O–H groups in total. The van der Waals surface area contributed by atoms with E-state index >= 15 is 0 Å².